The number of aliphatic hydroxyl groups is 3. The fraction of sp³-hybridized carbons (Fsp3) is 0.818. The Morgan fingerprint density at radius 2 is 1.78 bits per heavy atom. The van der Waals surface area contributed by atoms with Crippen LogP contribution in [-0.4, -0.2) is 51.4 Å². The van der Waals surface area contributed by atoms with E-state index in [-0.39, 0.29) is 26.1 Å². The van der Waals surface area contributed by atoms with Crippen LogP contribution in [0.15, 0.2) is 0 Å². The summed E-state index contributed by atoms with van der Waals surface area (Å²) in [5.74, 6) is -5.02. The molecule has 0 atom stereocenters. The SMILES string of the molecule is CC(C)(CO)COC(=O)C(O)(O)CCCC(=O)O. The highest BCUT2D eigenvalue weighted by atomic mass is 16.6. The van der Waals surface area contributed by atoms with Crippen LogP contribution in [0.3, 0.4) is 0 Å². The summed E-state index contributed by atoms with van der Waals surface area (Å²) in [7, 11) is 0. The maximum Gasteiger partial charge on any atom is 0.366 e. The van der Waals surface area contributed by atoms with Gasteiger partial charge < -0.3 is 25.2 Å². The summed E-state index contributed by atoms with van der Waals surface area (Å²) in [6, 6.07) is 0. The lowest BCUT2D eigenvalue weighted by Gasteiger charge is -2.24. The molecule has 106 valence electrons. The summed E-state index contributed by atoms with van der Waals surface area (Å²) in [6.45, 7) is 2.90. The molecule has 0 spiro atoms. The first kappa shape index (κ1) is 16.8. The molecule has 0 unspecified atom stereocenters. The smallest absolute Gasteiger partial charge is 0.366 e. The number of carbonyl (C=O) groups excluding carboxylic acids is 1. The first-order valence-corrected chi connectivity index (χ1v) is 5.55. The van der Waals surface area contributed by atoms with Crippen molar-refractivity contribution in [1.29, 1.82) is 0 Å². The van der Waals surface area contributed by atoms with Crippen LogP contribution in [0, 0.1) is 5.41 Å². The molecule has 0 heterocycles. The Morgan fingerprint density at radius 1 is 1.22 bits per heavy atom. The highest BCUT2D eigenvalue weighted by Gasteiger charge is 2.35. The topological polar surface area (TPSA) is 124 Å². The Morgan fingerprint density at radius 3 is 2.22 bits per heavy atom. The maximum atomic E-state index is 11.4. The molecule has 0 aliphatic heterocycles. The average Bonchev–Trinajstić information content (AvgIpc) is 2.25. The molecule has 7 heteroatoms. The van der Waals surface area contributed by atoms with E-state index >= 15 is 0 Å². The Balaban J connectivity index is 4.18. The minimum atomic E-state index is -2.69. The number of aliphatic hydroxyl groups excluding tert-OH is 1. The summed E-state index contributed by atoms with van der Waals surface area (Å²) >= 11 is 0. The molecule has 0 aromatic carbocycles. The van der Waals surface area contributed by atoms with E-state index in [1.807, 2.05) is 0 Å². The van der Waals surface area contributed by atoms with Crippen LogP contribution in [0.25, 0.3) is 0 Å². The van der Waals surface area contributed by atoms with Crippen molar-refractivity contribution >= 4 is 11.9 Å². The van der Waals surface area contributed by atoms with Crippen molar-refractivity contribution in [2.75, 3.05) is 13.2 Å². The summed E-state index contributed by atoms with van der Waals surface area (Å²) in [5, 5.41) is 36.1. The first-order valence-electron chi connectivity index (χ1n) is 5.55. The van der Waals surface area contributed by atoms with Gasteiger partial charge in [-0.05, 0) is 6.42 Å². The molecule has 0 radical (unpaired) electrons. The van der Waals surface area contributed by atoms with E-state index in [0.29, 0.717) is 0 Å². The number of rotatable bonds is 8. The van der Waals surface area contributed by atoms with Crippen LogP contribution in [0.4, 0.5) is 0 Å². The van der Waals surface area contributed by atoms with Crippen LogP contribution in [0.1, 0.15) is 33.1 Å². The summed E-state index contributed by atoms with van der Waals surface area (Å²) in [5.41, 5.74) is -0.674. The second-order valence-electron chi connectivity index (χ2n) is 4.96. The molecular weight excluding hydrogens is 244 g/mol. The minimum Gasteiger partial charge on any atom is -0.481 e. The molecule has 4 N–H and O–H groups in total. The lowest BCUT2D eigenvalue weighted by Crippen LogP contribution is -2.41. The first-order chi connectivity index (χ1) is 8.10. The van der Waals surface area contributed by atoms with Gasteiger partial charge in [0.2, 0.25) is 0 Å². The molecule has 0 bridgehead atoms. The number of carboxylic acid groups (broad SMARTS) is 1. The molecule has 0 aliphatic carbocycles. The van der Waals surface area contributed by atoms with Gasteiger partial charge in [0.05, 0.1) is 13.2 Å². The highest BCUT2D eigenvalue weighted by Crippen LogP contribution is 2.18. The van der Waals surface area contributed by atoms with E-state index in [9.17, 15) is 19.8 Å². The zero-order chi connectivity index (χ0) is 14.4. The van der Waals surface area contributed by atoms with Gasteiger partial charge in [-0.3, -0.25) is 4.79 Å². The molecule has 0 saturated heterocycles. The van der Waals surface area contributed by atoms with Crippen LogP contribution < -0.4 is 0 Å². The summed E-state index contributed by atoms with van der Waals surface area (Å²) in [6.07, 6.45) is -0.739. The third-order valence-corrected chi connectivity index (χ3v) is 2.26. The van der Waals surface area contributed by atoms with Crippen molar-refractivity contribution in [3.8, 4) is 0 Å². The zero-order valence-electron chi connectivity index (χ0n) is 10.5. The Kier molecular flexibility index (Phi) is 6.23. The largest absolute Gasteiger partial charge is 0.481 e. The monoisotopic (exact) mass is 264 g/mol. The second-order valence-corrected chi connectivity index (χ2v) is 4.96. The van der Waals surface area contributed by atoms with E-state index in [1.54, 1.807) is 13.8 Å². The quantitative estimate of drug-likeness (QED) is 0.343. The van der Waals surface area contributed by atoms with Gasteiger partial charge in [0.1, 0.15) is 0 Å². The predicted octanol–water partition coefficient (Wildman–Crippen LogP) is -0.516. The van der Waals surface area contributed by atoms with Gasteiger partial charge in [-0.15, -0.1) is 0 Å². The minimum absolute atomic E-state index is 0.0547. The lowest BCUT2D eigenvalue weighted by molar-refractivity contribution is -0.214. The van der Waals surface area contributed by atoms with E-state index in [1.165, 1.54) is 0 Å². The lowest BCUT2D eigenvalue weighted by atomic mass is 9.96. The third-order valence-electron chi connectivity index (χ3n) is 2.26. The molecule has 0 aliphatic rings. The molecule has 0 aromatic rings. The van der Waals surface area contributed by atoms with Crippen molar-refractivity contribution < 1.29 is 34.8 Å². The molecule has 0 saturated carbocycles. The average molecular weight is 264 g/mol. The predicted molar refractivity (Wildman–Crippen MR) is 60.5 cm³/mol. The van der Waals surface area contributed by atoms with Gasteiger partial charge in [-0.2, -0.15) is 0 Å². The Hall–Kier alpha value is -1.18. The number of hydrogen-bond donors (Lipinski definition) is 4. The number of ether oxygens (including phenoxy) is 1. The van der Waals surface area contributed by atoms with Gasteiger partial charge in [-0.1, -0.05) is 13.8 Å². The van der Waals surface area contributed by atoms with E-state index < -0.39 is 29.6 Å². The van der Waals surface area contributed by atoms with Gasteiger partial charge in [-0.25, -0.2) is 4.79 Å². The number of esters is 1. The van der Waals surface area contributed by atoms with Crippen LogP contribution in [0.2, 0.25) is 0 Å². The molecule has 0 rings (SSSR count). The van der Waals surface area contributed by atoms with Gasteiger partial charge in [0.25, 0.3) is 5.79 Å². The van der Waals surface area contributed by atoms with Crippen molar-refractivity contribution in [3.05, 3.63) is 0 Å². The van der Waals surface area contributed by atoms with Crippen molar-refractivity contribution in [2.24, 2.45) is 5.41 Å². The van der Waals surface area contributed by atoms with Crippen LogP contribution >= 0.6 is 0 Å². The van der Waals surface area contributed by atoms with Crippen molar-refractivity contribution in [2.45, 2.75) is 38.9 Å². The van der Waals surface area contributed by atoms with Crippen molar-refractivity contribution in [1.82, 2.24) is 0 Å². The fourth-order valence-corrected chi connectivity index (χ4v) is 1.01. The maximum absolute atomic E-state index is 11.4. The molecule has 7 nitrogen and oxygen atoms in total. The van der Waals surface area contributed by atoms with Crippen LogP contribution in [-0.2, 0) is 14.3 Å². The van der Waals surface area contributed by atoms with Gasteiger partial charge in [0, 0.05) is 18.3 Å². The normalized spacial score (nSPS) is 12.3. The third kappa shape index (κ3) is 6.53. The standard InChI is InChI=1S/C11H20O7/c1-10(2,6-12)7-18-9(15)11(16,17)5-3-4-8(13)14/h12,16-17H,3-7H2,1-2H3,(H,13,14). The van der Waals surface area contributed by atoms with Crippen molar-refractivity contribution in [3.63, 3.8) is 0 Å². The molecule has 0 amide bonds. The number of aliphatic carboxylic acids is 1. The molecular formula is C11H20O7. The number of hydrogen-bond acceptors (Lipinski definition) is 6. The number of carboxylic acids is 1. The van der Waals surface area contributed by atoms with Gasteiger partial charge >= 0.3 is 11.9 Å². The number of carbonyl (C=O) groups is 2. The second kappa shape index (κ2) is 6.67. The zero-order valence-corrected chi connectivity index (χ0v) is 10.5. The Bertz CT molecular complexity index is 296. The molecule has 18 heavy (non-hydrogen) atoms. The summed E-state index contributed by atoms with van der Waals surface area (Å²) < 4.78 is 4.67. The van der Waals surface area contributed by atoms with Gasteiger partial charge in [0.15, 0.2) is 0 Å². The Labute approximate surface area is 105 Å². The van der Waals surface area contributed by atoms with Crippen LogP contribution in [0.5, 0.6) is 0 Å². The van der Waals surface area contributed by atoms with E-state index in [2.05, 4.69) is 4.74 Å². The van der Waals surface area contributed by atoms with E-state index in [0.717, 1.165) is 0 Å². The fourth-order valence-electron chi connectivity index (χ4n) is 1.01. The molecule has 0 aromatic heterocycles. The van der Waals surface area contributed by atoms with E-state index in [4.69, 9.17) is 10.2 Å². The molecule has 0 fully saturated rings. The summed E-state index contributed by atoms with van der Waals surface area (Å²) in [4.78, 5) is 21.6. The highest BCUT2D eigenvalue weighted by molar-refractivity contribution is 5.77.